The Morgan fingerprint density at radius 1 is 1.16 bits per heavy atom. The van der Waals surface area contributed by atoms with Gasteiger partial charge in [0.1, 0.15) is 23.3 Å². The van der Waals surface area contributed by atoms with Gasteiger partial charge in [-0.15, -0.1) is 10.2 Å². The van der Waals surface area contributed by atoms with Crippen molar-refractivity contribution in [1.29, 1.82) is 0 Å². The molecule has 0 N–H and O–H groups in total. The molecule has 2 aromatic rings. The van der Waals surface area contributed by atoms with Gasteiger partial charge in [0.05, 0.1) is 5.92 Å². The van der Waals surface area contributed by atoms with E-state index in [1.807, 2.05) is 24.8 Å². The maximum atomic E-state index is 12.9. The highest BCUT2D eigenvalue weighted by atomic mass is 16.2. The van der Waals surface area contributed by atoms with E-state index in [-0.39, 0.29) is 11.8 Å². The highest BCUT2D eigenvalue weighted by Crippen LogP contribution is 2.23. The molecule has 0 bridgehead atoms. The van der Waals surface area contributed by atoms with E-state index >= 15 is 0 Å². The van der Waals surface area contributed by atoms with Crippen LogP contribution in [0.4, 0.5) is 5.82 Å². The van der Waals surface area contributed by atoms with Gasteiger partial charge in [0.25, 0.3) is 0 Å². The molecule has 8 heteroatoms. The quantitative estimate of drug-likeness (QED) is 0.796. The largest absolute Gasteiger partial charge is 0.353 e. The summed E-state index contributed by atoms with van der Waals surface area (Å²) in [6.45, 7) is 7.66. The van der Waals surface area contributed by atoms with Crippen molar-refractivity contribution >= 4 is 11.7 Å². The molecule has 4 heterocycles. The van der Waals surface area contributed by atoms with E-state index in [2.05, 4.69) is 29.6 Å². The van der Waals surface area contributed by atoms with Crippen LogP contribution >= 0.6 is 0 Å². The lowest BCUT2D eigenvalue weighted by Gasteiger charge is -2.37. The average Bonchev–Trinajstić information content (AvgIpc) is 3.02. The van der Waals surface area contributed by atoms with Crippen molar-refractivity contribution in [2.75, 3.05) is 31.1 Å². The Bertz CT molecular complexity index is 779. The van der Waals surface area contributed by atoms with Crippen LogP contribution in [-0.4, -0.2) is 61.7 Å². The fourth-order valence-electron chi connectivity index (χ4n) is 3.70. The number of aromatic nitrogens is 5. The van der Waals surface area contributed by atoms with Gasteiger partial charge in [-0.3, -0.25) is 4.79 Å². The molecule has 0 spiro atoms. The molecule has 4 rings (SSSR count). The van der Waals surface area contributed by atoms with Crippen molar-refractivity contribution in [3.63, 3.8) is 0 Å². The fourth-order valence-corrected chi connectivity index (χ4v) is 3.70. The Morgan fingerprint density at radius 2 is 1.96 bits per heavy atom. The van der Waals surface area contributed by atoms with Crippen LogP contribution < -0.4 is 4.90 Å². The van der Waals surface area contributed by atoms with Crippen LogP contribution in [0.25, 0.3) is 0 Å². The Morgan fingerprint density at radius 3 is 2.72 bits per heavy atom. The lowest BCUT2D eigenvalue weighted by molar-refractivity contribution is -0.136. The topological polar surface area (TPSA) is 80.0 Å². The average molecular weight is 341 g/mol. The van der Waals surface area contributed by atoms with Crippen LogP contribution in [0.2, 0.25) is 0 Å². The van der Waals surface area contributed by atoms with Crippen LogP contribution in [-0.2, 0) is 17.8 Å². The number of hydrogen-bond donors (Lipinski definition) is 0. The second-order valence-corrected chi connectivity index (χ2v) is 6.78. The number of rotatable bonds is 2. The first-order chi connectivity index (χ1) is 12.1. The molecule has 1 saturated heterocycles. The van der Waals surface area contributed by atoms with Gasteiger partial charge in [0.2, 0.25) is 5.91 Å². The highest BCUT2D eigenvalue weighted by molar-refractivity contribution is 5.79. The zero-order valence-corrected chi connectivity index (χ0v) is 14.7. The van der Waals surface area contributed by atoms with E-state index in [1.54, 1.807) is 6.20 Å². The van der Waals surface area contributed by atoms with Gasteiger partial charge in [-0.1, -0.05) is 0 Å². The molecule has 2 aliphatic rings. The van der Waals surface area contributed by atoms with E-state index in [1.165, 1.54) is 0 Å². The summed E-state index contributed by atoms with van der Waals surface area (Å²) in [5, 5.41) is 8.31. The minimum Gasteiger partial charge on any atom is -0.353 e. The number of carbonyl (C=O) groups is 1. The van der Waals surface area contributed by atoms with Crippen molar-refractivity contribution in [3.05, 3.63) is 29.7 Å². The lowest BCUT2D eigenvalue weighted by Crippen LogP contribution is -2.51. The van der Waals surface area contributed by atoms with Crippen molar-refractivity contribution in [1.82, 2.24) is 29.6 Å². The predicted molar refractivity (Wildman–Crippen MR) is 92.1 cm³/mol. The number of anilines is 1. The second kappa shape index (κ2) is 6.42. The minimum atomic E-state index is 0.0371. The summed E-state index contributed by atoms with van der Waals surface area (Å²) in [5.74, 6) is 3.93. The Hall–Kier alpha value is -2.51. The Labute approximate surface area is 146 Å². The summed E-state index contributed by atoms with van der Waals surface area (Å²) in [6, 6.07) is 1.93. The molecule has 0 aromatic carbocycles. The molecule has 1 fully saturated rings. The molecule has 2 aromatic heterocycles. The van der Waals surface area contributed by atoms with Crippen LogP contribution in [0.5, 0.6) is 0 Å². The maximum absolute atomic E-state index is 12.9. The minimum absolute atomic E-state index is 0.0371. The second-order valence-electron chi connectivity index (χ2n) is 6.78. The molecular weight excluding hydrogens is 318 g/mol. The summed E-state index contributed by atoms with van der Waals surface area (Å²) >= 11 is 0. The molecule has 0 aliphatic carbocycles. The normalized spacial score (nSPS) is 20.5. The molecular formula is C17H23N7O. The van der Waals surface area contributed by atoms with Crippen LogP contribution in [0.3, 0.4) is 0 Å². The summed E-state index contributed by atoms with van der Waals surface area (Å²) in [6.07, 6.45) is 3.48. The molecule has 8 nitrogen and oxygen atoms in total. The van der Waals surface area contributed by atoms with Crippen LogP contribution in [0, 0.1) is 19.8 Å². The van der Waals surface area contributed by atoms with E-state index in [0.717, 1.165) is 62.3 Å². The van der Waals surface area contributed by atoms with E-state index in [0.29, 0.717) is 6.54 Å². The van der Waals surface area contributed by atoms with Gasteiger partial charge in [-0.2, -0.15) is 0 Å². The number of nitrogens with zero attached hydrogens (tertiary/aromatic N) is 7. The van der Waals surface area contributed by atoms with Crippen molar-refractivity contribution < 1.29 is 4.79 Å². The van der Waals surface area contributed by atoms with Gasteiger partial charge >= 0.3 is 0 Å². The van der Waals surface area contributed by atoms with Gasteiger partial charge in [-0.25, -0.2) is 9.97 Å². The Kier molecular flexibility index (Phi) is 4.10. The highest BCUT2D eigenvalue weighted by Gasteiger charge is 2.31. The summed E-state index contributed by atoms with van der Waals surface area (Å²) < 4.78 is 2.09. The van der Waals surface area contributed by atoms with Crippen molar-refractivity contribution in [2.45, 2.75) is 33.2 Å². The van der Waals surface area contributed by atoms with Crippen molar-refractivity contribution in [2.24, 2.45) is 5.92 Å². The number of aryl methyl sites for hydroxylation is 3. The van der Waals surface area contributed by atoms with Gasteiger partial charge in [0.15, 0.2) is 0 Å². The number of fused-ring (bicyclic) bond motifs is 1. The molecule has 132 valence electrons. The van der Waals surface area contributed by atoms with E-state index in [9.17, 15) is 4.79 Å². The predicted octanol–water partition coefficient (Wildman–Crippen LogP) is 0.596. The number of amides is 1. The van der Waals surface area contributed by atoms with E-state index in [4.69, 9.17) is 0 Å². The maximum Gasteiger partial charge on any atom is 0.227 e. The standard InChI is InChI=1S/C17H23N7O/c1-12-18-6-5-15(19-12)22-7-9-23(10-8-22)17(25)14-3-4-16-21-20-13(2)24(16)11-14/h5-6,14H,3-4,7-11H2,1-2H3. The third kappa shape index (κ3) is 3.08. The van der Waals surface area contributed by atoms with Crippen LogP contribution in [0.1, 0.15) is 23.9 Å². The molecule has 1 atom stereocenters. The van der Waals surface area contributed by atoms with Gasteiger partial charge in [0, 0.05) is 45.3 Å². The molecule has 0 radical (unpaired) electrons. The summed E-state index contributed by atoms with van der Waals surface area (Å²) in [5.41, 5.74) is 0. The lowest BCUT2D eigenvalue weighted by atomic mass is 9.97. The number of hydrogen-bond acceptors (Lipinski definition) is 6. The zero-order chi connectivity index (χ0) is 17.4. The van der Waals surface area contributed by atoms with Crippen LogP contribution in [0.15, 0.2) is 12.3 Å². The first-order valence-corrected chi connectivity index (χ1v) is 8.84. The molecule has 25 heavy (non-hydrogen) atoms. The first-order valence-electron chi connectivity index (χ1n) is 8.84. The van der Waals surface area contributed by atoms with Gasteiger partial charge < -0.3 is 14.4 Å². The molecule has 2 aliphatic heterocycles. The Balaban J connectivity index is 1.38. The monoisotopic (exact) mass is 341 g/mol. The fraction of sp³-hybridized carbons (Fsp3) is 0.588. The third-order valence-corrected chi connectivity index (χ3v) is 5.16. The molecule has 0 saturated carbocycles. The van der Waals surface area contributed by atoms with E-state index < -0.39 is 0 Å². The summed E-state index contributed by atoms with van der Waals surface area (Å²) in [7, 11) is 0. The van der Waals surface area contributed by atoms with Crippen molar-refractivity contribution in [3.8, 4) is 0 Å². The van der Waals surface area contributed by atoms with Gasteiger partial charge in [-0.05, 0) is 26.3 Å². The third-order valence-electron chi connectivity index (χ3n) is 5.16. The molecule has 1 amide bonds. The molecule has 1 unspecified atom stereocenters. The number of carbonyl (C=O) groups excluding carboxylic acids is 1. The summed E-state index contributed by atoms with van der Waals surface area (Å²) in [4.78, 5) is 25.8. The SMILES string of the molecule is Cc1nccc(N2CCN(C(=O)C3CCc4nnc(C)n4C3)CC2)n1. The zero-order valence-electron chi connectivity index (χ0n) is 14.7. The smallest absolute Gasteiger partial charge is 0.227 e. The number of piperazine rings is 1. The first kappa shape index (κ1) is 16.0.